The van der Waals surface area contributed by atoms with E-state index in [0.29, 0.717) is 0 Å². The van der Waals surface area contributed by atoms with E-state index in [4.69, 9.17) is 4.42 Å². The van der Waals surface area contributed by atoms with Gasteiger partial charge in [-0.05, 0) is 25.9 Å². The van der Waals surface area contributed by atoms with Crippen LogP contribution in [0.25, 0.3) is 11.3 Å². The van der Waals surface area contributed by atoms with Gasteiger partial charge in [0.1, 0.15) is 0 Å². The Labute approximate surface area is 107 Å². The second-order valence-electron chi connectivity index (χ2n) is 4.82. The molecule has 1 aromatic carbocycles. The molecule has 2 heterocycles. The fourth-order valence-corrected chi connectivity index (χ4v) is 2.43. The molecule has 94 valence electrons. The van der Waals surface area contributed by atoms with Crippen molar-refractivity contribution in [1.29, 1.82) is 0 Å². The van der Waals surface area contributed by atoms with Gasteiger partial charge in [0.05, 0.1) is 12.7 Å². The molecule has 3 rings (SSSR count). The third-order valence-corrected chi connectivity index (χ3v) is 3.42. The van der Waals surface area contributed by atoms with E-state index in [9.17, 15) is 0 Å². The zero-order chi connectivity index (χ0) is 12.2. The summed E-state index contributed by atoms with van der Waals surface area (Å²) >= 11 is 0. The lowest BCUT2D eigenvalue weighted by atomic mass is 10.1. The van der Waals surface area contributed by atoms with Crippen molar-refractivity contribution in [2.75, 3.05) is 13.1 Å². The Morgan fingerprint density at radius 3 is 2.61 bits per heavy atom. The molecule has 2 aromatic rings. The van der Waals surface area contributed by atoms with Crippen LogP contribution in [-0.2, 0) is 6.54 Å². The third-order valence-electron chi connectivity index (χ3n) is 3.42. The molecular weight excluding hydrogens is 224 g/mol. The van der Waals surface area contributed by atoms with Crippen LogP contribution in [0.15, 0.2) is 40.9 Å². The molecule has 1 saturated heterocycles. The van der Waals surface area contributed by atoms with Crippen molar-refractivity contribution in [3.63, 3.8) is 0 Å². The van der Waals surface area contributed by atoms with Crippen LogP contribution < -0.4 is 0 Å². The Bertz CT molecular complexity index is 486. The van der Waals surface area contributed by atoms with E-state index in [2.05, 4.69) is 9.88 Å². The molecule has 1 aliphatic rings. The first-order valence-corrected chi connectivity index (χ1v) is 6.64. The van der Waals surface area contributed by atoms with Gasteiger partial charge in [0, 0.05) is 5.56 Å². The number of hydrogen-bond donors (Lipinski definition) is 0. The Morgan fingerprint density at radius 1 is 1.06 bits per heavy atom. The number of piperidine rings is 1. The summed E-state index contributed by atoms with van der Waals surface area (Å²) in [5.74, 6) is 1.69. The second-order valence-corrected chi connectivity index (χ2v) is 4.82. The lowest BCUT2D eigenvalue weighted by molar-refractivity contribution is 0.202. The third kappa shape index (κ3) is 2.62. The number of benzene rings is 1. The number of oxazole rings is 1. The van der Waals surface area contributed by atoms with Gasteiger partial charge in [-0.25, -0.2) is 4.98 Å². The van der Waals surface area contributed by atoms with Crippen LogP contribution in [0.5, 0.6) is 0 Å². The number of aromatic nitrogens is 1. The standard InChI is InChI=1S/C15H18N2O/c1-3-7-13(8-4-1)14-11-16-15(18-14)12-17-9-5-2-6-10-17/h1,3-4,7-8,11H,2,5-6,9-10,12H2. The highest BCUT2D eigenvalue weighted by molar-refractivity contribution is 5.55. The van der Waals surface area contributed by atoms with Crippen molar-refractivity contribution in [1.82, 2.24) is 9.88 Å². The highest BCUT2D eigenvalue weighted by Crippen LogP contribution is 2.21. The van der Waals surface area contributed by atoms with Crippen LogP contribution in [0.1, 0.15) is 25.2 Å². The molecule has 18 heavy (non-hydrogen) atoms. The lowest BCUT2D eigenvalue weighted by Crippen LogP contribution is -2.29. The molecule has 0 radical (unpaired) electrons. The van der Waals surface area contributed by atoms with E-state index in [1.54, 1.807) is 0 Å². The molecule has 1 fully saturated rings. The van der Waals surface area contributed by atoms with Crippen molar-refractivity contribution in [2.45, 2.75) is 25.8 Å². The van der Waals surface area contributed by atoms with Crippen LogP contribution in [0, 0.1) is 0 Å². The van der Waals surface area contributed by atoms with Crippen LogP contribution in [-0.4, -0.2) is 23.0 Å². The largest absolute Gasteiger partial charge is 0.439 e. The Balaban J connectivity index is 1.69. The van der Waals surface area contributed by atoms with Crippen molar-refractivity contribution in [3.05, 3.63) is 42.4 Å². The van der Waals surface area contributed by atoms with Crippen molar-refractivity contribution in [2.24, 2.45) is 0 Å². The summed E-state index contributed by atoms with van der Waals surface area (Å²) in [5, 5.41) is 0. The normalized spacial score (nSPS) is 16.9. The zero-order valence-corrected chi connectivity index (χ0v) is 10.5. The van der Waals surface area contributed by atoms with Crippen LogP contribution >= 0.6 is 0 Å². The fourth-order valence-electron chi connectivity index (χ4n) is 2.43. The van der Waals surface area contributed by atoms with Gasteiger partial charge in [0.2, 0.25) is 5.89 Å². The summed E-state index contributed by atoms with van der Waals surface area (Å²) in [5.41, 5.74) is 1.09. The molecule has 1 aliphatic heterocycles. The summed E-state index contributed by atoms with van der Waals surface area (Å²) < 4.78 is 5.82. The highest BCUT2D eigenvalue weighted by Gasteiger charge is 2.13. The molecule has 3 heteroatoms. The lowest BCUT2D eigenvalue weighted by Gasteiger charge is -2.24. The van der Waals surface area contributed by atoms with Gasteiger partial charge in [-0.3, -0.25) is 4.90 Å². The van der Waals surface area contributed by atoms with E-state index in [-0.39, 0.29) is 0 Å². The smallest absolute Gasteiger partial charge is 0.209 e. The minimum Gasteiger partial charge on any atom is -0.439 e. The minimum atomic E-state index is 0.829. The topological polar surface area (TPSA) is 29.3 Å². The molecule has 0 N–H and O–H groups in total. The number of likely N-dealkylation sites (tertiary alicyclic amines) is 1. The van der Waals surface area contributed by atoms with Gasteiger partial charge in [-0.2, -0.15) is 0 Å². The summed E-state index contributed by atoms with van der Waals surface area (Å²) in [6.45, 7) is 3.18. The van der Waals surface area contributed by atoms with Crippen LogP contribution in [0.3, 0.4) is 0 Å². The van der Waals surface area contributed by atoms with Gasteiger partial charge >= 0.3 is 0 Å². The maximum Gasteiger partial charge on any atom is 0.209 e. The van der Waals surface area contributed by atoms with Crippen LogP contribution in [0.2, 0.25) is 0 Å². The molecule has 0 atom stereocenters. The summed E-state index contributed by atoms with van der Waals surface area (Å²) in [6.07, 6.45) is 5.78. The van der Waals surface area contributed by atoms with E-state index >= 15 is 0 Å². The van der Waals surface area contributed by atoms with E-state index in [0.717, 1.165) is 23.8 Å². The first-order valence-electron chi connectivity index (χ1n) is 6.64. The number of hydrogen-bond acceptors (Lipinski definition) is 3. The molecule has 0 saturated carbocycles. The average molecular weight is 242 g/mol. The number of rotatable bonds is 3. The average Bonchev–Trinajstić information content (AvgIpc) is 2.89. The first-order chi connectivity index (χ1) is 8.92. The van der Waals surface area contributed by atoms with Gasteiger partial charge in [-0.1, -0.05) is 36.8 Å². The predicted octanol–water partition coefficient (Wildman–Crippen LogP) is 3.33. The molecule has 3 nitrogen and oxygen atoms in total. The van der Waals surface area contributed by atoms with Crippen molar-refractivity contribution >= 4 is 0 Å². The maximum atomic E-state index is 5.82. The minimum absolute atomic E-state index is 0.829. The Kier molecular flexibility index (Phi) is 3.42. The van der Waals surface area contributed by atoms with E-state index in [1.807, 2.05) is 36.5 Å². The SMILES string of the molecule is c1ccc(-c2cnc(CN3CCCCC3)o2)cc1. The Hall–Kier alpha value is -1.61. The van der Waals surface area contributed by atoms with Crippen LogP contribution in [0.4, 0.5) is 0 Å². The Morgan fingerprint density at radius 2 is 1.83 bits per heavy atom. The first kappa shape index (κ1) is 11.5. The molecule has 0 bridgehead atoms. The van der Waals surface area contributed by atoms with E-state index < -0.39 is 0 Å². The monoisotopic (exact) mass is 242 g/mol. The van der Waals surface area contributed by atoms with Gasteiger partial charge in [0.15, 0.2) is 5.76 Å². The van der Waals surface area contributed by atoms with Crippen molar-refractivity contribution in [3.8, 4) is 11.3 Å². The summed E-state index contributed by atoms with van der Waals surface area (Å²) in [6, 6.07) is 10.1. The van der Waals surface area contributed by atoms with Gasteiger partial charge < -0.3 is 4.42 Å². The van der Waals surface area contributed by atoms with Crippen molar-refractivity contribution < 1.29 is 4.42 Å². The molecular formula is C15H18N2O. The van der Waals surface area contributed by atoms with Gasteiger partial charge in [-0.15, -0.1) is 0 Å². The molecule has 1 aromatic heterocycles. The van der Waals surface area contributed by atoms with Gasteiger partial charge in [0.25, 0.3) is 0 Å². The second kappa shape index (κ2) is 5.36. The molecule has 0 unspecified atom stereocenters. The summed E-state index contributed by atoms with van der Waals surface area (Å²) in [7, 11) is 0. The fraction of sp³-hybridized carbons (Fsp3) is 0.400. The highest BCUT2D eigenvalue weighted by atomic mass is 16.4. The zero-order valence-electron chi connectivity index (χ0n) is 10.5. The molecule has 0 aliphatic carbocycles. The predicted molar refractivity (Wildman–Crippen MR) is 71.1 cm³/mol. The molecule has 0 spiro atoms. The summed E-state index contributed by atoms with van der Waals surface area (Å²) in [4.78, 5) is 6.80. The number of nitrogens with zero attached hydrogens (tertiary/aromatic N) is 2. The maximum absolute atomic E-state index is 5.82. The van der Waals surface area contributed by atoms with E-state index in [1.165, 1.54) is 32.4 Å². The quantitative estimate of drug-likeness (QED) is 0.826. The molecule has 0 amide bonds.